The lowest BCUT2D eigenvalue weighted by Crippen LogP contribution is -2.24. The monoisotopic (exact) mass is 402 g/mol. The van der Waals surface area contributed by atoms with Crippen molar-refractivity contribution in [2.75, 3.05) is 13.1 Å². The van der Waals surface area contributed by atoms with Gasteiger partial charge >= 0.3 is 0 Å². The molecule has 0 aliphatic carbocycles. The van der Waals surface area contributed by atoms with E-state index < -0.39 is 0 Å². The average Bonchev–Trinajstić information content (AvgIpc) is 3.45. The third-order valence-corrected chi connectivity index (χ3v) is 5.70. The van der Waals surface area contributed by atoms with Crippen molar-refractivity contribution in [3.8, 4) is 11.1 Å². The van der Waals surface area contributed by atoms with Crippen LogP contribution < -0.4 is 5.32 Å². The second kappa shape index (κ2) is 9.26. The molecule has 3 aromatic rings. The molecule has 1 fully saturated rings. The SMILES string of the molecule is CC(C)n1ccc(C(=O)NCc2ccccc2-c2ccc(CN3CCCC3)cc2)n1. The minimum Gasteiger partial charge on any atom is -0.347 e. The van der Waals surface area contributed by atoms with Crippen molar-refractivity contribution in [1.82, 2.24) is 20.0 Å². The number of amides is 1. The van der Waals surface area contributed by atoms with Crippen LogP contribution in [0.3, 0.4) is 0 Å². The lowest BCUT2D eigenvalue weighted by atomic mass is 9.98. The highest BCUT2D eigenvalue weighted by Gasteiger charge is 2.13. The van der Waals surface area contributed by atoms with E-state index in [-0.39, 0.29) is 11.9 Å². The summed E-state index contributed by atoms with van der Waals surface area (Å²) < 4.78 is 1.80. The van der Waals surface area contributed by atoms with Gasteiger partial charge in [-0.3, -0.25) is 14.4 Å². The zero-order valence-electron chi connectivity index (χ0n) is 17.8. The maximum atomic E-state index is 12.5. The van der Waals surface area contributed by atoms with Crippen LogP contribution in [0, 0.1) is 0 Å². The highest BCUT2D eigenvalue weighted by molar-refractivity contribution is 5.92. The van der Waals surface area contributed by atoms with E-state index in [0.717, 1.165) is 17.7 Å². The molecular weight excluding hydrogens is 372 g/mol. The van der Waals surface area contributed by atoms with E-state index in [1.807, 2.05) is 32.2 Å². The molecule has 1 aliphatic rings. The standard InChI is InChI=1S/C25H30N4O/c1-19(2)29-16-13-24(27-29)25(30)26-17-22-7-3-4-8-23(22)21-11-9-20(10-12-21)18-28-14-5-6-15-28/h3-4,7-13,16,19H,5-6,14-15,17-18H2,1-2H3,(H,26,30). The maximum Gasteiger partial charge on any atom is 0.272 e. The Labute approximate surface area is 178 Å². The molecule has 1 amide bonds. The summed E-state index contributed by atoms with van der Waals surface area (Å²) in [6.07, 6.45) is 4.47. The van der Waals surface area contributed by atoms with E-state index >= 15 is 0 Å². The van der Waals surface area contributed by atoms with Crippen LogP contribution in [0.15, 0.2) is 60.8 Å². The van der Waals surface area contributed by atoms with Gasteiger partial charge in [-0.15, -0.1) is 0 Å². The summed E-state index contributed by atoms with van der Waals surface area (Å²) in [5.41, 5.74) is 5.23. The first-order chi connectivity index (χ1) is 14.6. The number of aromatic nitrogens is 2. The predicted molar refractivity (Wildman–Crippen MR) is 120 cm³/mol. The molecule has 2 aromatic carbocycles. The van der Waals surface area contributed by atoms with Crippen LogP contribution in [0.1, 0.15) is 54.3 Å². The van der Waals surface area contributed by atoms with Gasteiger partial charge in [-0.1, -0.05) is 48.5 Å². The topological polar surface area (TPSA) is 50.2 Å². The van der Waals surface area contributed by atoms with Gasteiger partial charge in [0.2, 0.25) is 0 Å². The molecule has 0 spiro atoms. The largest absolute Gasteiger partial charge is 0.347 e. The van der Waals surface area contributed by atoms with E-state index in [2.05, 4.69) is 51.7 Å². The number of nitrogens with one attached hydrogen (secondary N) is 1. The highest BCUT2D eigenvalue weighted by Crippen LogP contribution is 2.25. The molecule has 0 unspecified atom stereocenters. The number of hydrogen-bond donors (Lipinski definition) is 1. The normalized spacial score (nSPS) is 14.4. The molecular formula is C25H30N4O. The molecule has 5 heteroatoms. The van der Waals surface area contributed by atoms with Crippen molar-refractivity contribution in [2.24, 2.45) is 0 Å². The van der Waals surface area contributed by atoms with Gasteiger partial charge in [0, 0.05) is 25.3 Å². The van der Waals surface area contributed by atoms with E-state index in [4.69, 9.17) is 0 Å². The van der Waals surface area contributed by atoms with Crippen LogP contribution in [0.4, 0.5) is 0 Å². The van der Waals surface area contributed by atoms with Crippen LogP contribution in [0.25, 0.3) is 11.1 Å². The van der Waals surface area contributed by atoms with Gasteiger partial charge in [-0.25, -0.2) is 0 Å². The number of rotatable bonds is 7. The lowest BCUT2D eigenvalue weighted by molar-refractivity contribution is 0.0945. The average molecular weight is 403 g/mol. The van der Waals surface area contributed by atoms with Gasteiger partial charge in [-0.05, 0) is 68.1 Å². The van der Waals surface area contributed by atoms with E-state index in [9.17, 15) is 4.79 Å². The molecule has 0 saturated carbocycles. The number of hydrogen-bond acceptors (Lipinski definition) is 3. The van der Waals surface area contributed by atoms with Crippen LogP contribution in [-0.4, -0.2) is 33.7 Å². The molecule has 1 aromatic heterocycles. The highest BCUT2D eigenvalue weighted by atomic mass is 16.1. The summed E-state index contributed by atoms with van der Waals surface area (Å²) in [5.74, 6) is -0.148. The lowest BCUT2D eigenvalue weighted by Gasteiger charge is -2.15. The summed E-state index contributed by atoms with van der Waals surface area (Å²) in [5, 5.41) is 7.37. The number of likely N-dealkylation sites (tertiary alicyclic amines) is 1. The Hall–Kier alpha value is -2.92. The second-order valence-electron chi connectivity index (χ2n) is 8.29. The zero-order valence-corrected chi connectivity index (χ0v) is 17.8. The Bertz CT molecular complexity index is 984. The number of benzene rings is 2. The number of carbonyl (C=O) groups is 1. The molecule has 30 heavy (non-hydrogen) atoms. The van der Waals surface area contributed by atoms with Crippen LogP contribution >= 0.6 is 0 Å². The molecule has 4 rings (SSSR count). The maximum absolute atomic E-state index is 12.5. The van der Waals surface area contributed by atoms with Gasteiger partial charge in [-0.2, -0.15) is 5.10 Å². The van der Waals surface area contributed by atoms with Crippen molar-refractivity contribution in [2.45, 2.75) is 45.8 Å². The third kappa shape index (κ3) is 4.79. The molecule has 156 valence electrons. The molecule has 0 atom stereocenters. The fourth-order valence-electron chi connectivity index (χ4n) is 3.96. The van der Waals surface area contributed by atoms with E-state index in [1.165, 1.54) is 37.1 Å². The molecule has 2 heterocycles. The minimum atomic E-state index is -0.148. The van der Waals surface area contributed by atoms with Crippen molar-refractivity contribution in [1.29, 1.82) is 0 Å². The quantitative estimate of drug-likeness (QED) is 0.625. The van der Waals surface area contributed by atoms with Gasteiger partial charge in [0.1, 0.15) is 5.69 Å². The summed E-state index contributed by atoms with van der Waals surface area (Å²) in [6.45, 7) is 8.00. The number of nitrogens with zero attached hydrogens (tertiary/aromatic N) is 3. The fraction of sp³-hybridized carbons (Fsp3) is 0.360. The molecule has 1 aliphatic heterocycles. The van der Waals surface area contributed by atoms with E-state index in [0.29, 0.717) is 12.2 Å². The second-order valence-corrected chi connectivity index (χ2v) is 8.29. The Balaban J connectivity index is 1.43. The Morgan fingerprint density at radius 3 is 2.47 bits per heavy atom. The van der Waals surface area contributed by atoms with E-state index in [1.54, 1.807) is 10.7 Å². The van der Waals surface area contributed by atoms with Crippen LogP contribution in [0.5, 0.6) is 0 Å². The summed E-state index contributed by atoms with van der Waals surface area (Å²) in [6, 6.07) is 19.1. The van der Waals surface area contributed by atoms with Gasteiger partial charge < -0.3 is 5.32 Å². The zero-order chi connectivity index (χ0) is 20.9. The third-order valence-electron chi connectivity index (χ3n) is 5.70. The molecule has 1 N–H and O–H groups in total. The molecule has 0 bridgehead atoms. The Morgan fingerprint density at radius 2 is 1.77 bits per heavy atom. The van der Waals surface area contributed by atoms with Crippen molar-refractivity contribution >= 4 is 5.91 Å². The summed E-state index contributed by atoms with van der Waals surface area (Å²) in [4.78, 5) is 15.0. The van der Waals surface area contributed by atoms with Gasteiger partial charge in [0.15, 0.2) is 0 Å². The number of carbonyl (C=O) groups excluding carboxylic acids is 1. The smallest absolute Gasteiger partial charge is 0.272 e. The van der Waals surface area contributed by atoms with Gasteiger partial charge in [0.25, 0.3) is 5.91 Å². The first-order valence-corrected chi connectivity index (χ1v) is 10.8. The fourth-order valence-corrected chi connectivity index (χ4v) is 3.96. The van der Waals surface area contributed by atoms with Crippen LogP contribution in [0.2, 0.25) is 0 Å². The first-order valence-electron chi connectivity index (χ1n) is 10.8. The summed E-state index contributed by atoms with van der Waals surface area (Å²) in [7, 11) is 0. The Kier molecular flexibility index (Phi) is 6.29. The van der Waals surface area contributed by atoms with Crippen molar-refractivity contribution < 1.29 is 4.79 Å². The predicted octanol–water partition coefficient (Wildman–Crippen LogP) is 4.66. The molecule has 5 nitrogen and oxygen atoms in total. The van der Waals surface area contributed by atoms with Crippen molar-refractivity contribution in [3.05, 3.63) is 77.6 Å². The summed E-state index contributed by atoms with van der Waals surface area (Å²) >= 11 is 0. The van der Waals surface area contributed by atoms with Gasteiger partial charge in [0.05, 0.1) is 0 Å². The molecule has 1 saturated heterocycles. The molecule has 0 radical (unpaired) electrons. The Morgan fingerprint density at radius 1 is 1.03 bits per heavy atom. The minimum absolute atomic E-state index is 0.148. The van der Waals surface area contributed by atoms with Crippen LogP contribution in [-0.2, 0) is 13.1 Å². The first kappa shape index (κ1) is 20.4. The van der Waals surface area contributed by atoms with Crippen molar-refractivity contribution in [3.63, 3.8) is 0 Å².